The third-order valence-corrected chi connectivity index (χ3v) is 4.18. The normalized spacial score (nSPS) is 12.5. The monoisotopic (exact) mass is 414 g/mol. The molecular formula is C18H21F3N4O4. The predicted octanol–water partition coefficient (Wildman–Crippen LogP) is 2.99. The van der Waals surface area contributed by atoms with Gasteiger partial charge in [-0.3, -0.25) is 0 Å². The van der Waals surface area contributed by atoms with Crippen LogP contribution in [0, 0.1) is 13.8 Å². The summed E-state index contributed by atoms with van der Waals surface area (Å²) in [4.78, 5) is 25.7. The molecule has 1 aromatic carbocycles. The quantitative estimate of drug-likeness (QED) is 0.509. The van der Waals surface area contributed by atoms with Gasteiger partial charge in [0.15, 0.2) is 0 Å². The fraction of sp³-hybridized carbons (Fsp3) is 0.389. The van der Waals surface area contributed by atoms with Gasteiger partial charge in [0.2, 0.25) is 0 Å². The van der Waals surface area contributed by atoms with Gasteiger partial charge in [-0.05, 0) is 37.5 Å². The molecule has 1 atom stereocenters. The highest BCUT2D eigenvalue weighted by molar-refractivity contribution is 5.75. The van der Waals surface area contributed by atoms with Crippen LogP contribution in [0.4, 0.5) is 13.2 Å². The highest BCUT2D eigenvalue weighted by Gasteiger charge is 2.38. The molecule has 0 saturated carbocycles. The number of H-pyrrole nitrogens is 2. The first-order valence-corrected chi connectivity index (χ1v) is 8.63. The maximum Gasteiger partial charge on any atom is 0.490 e. The number of nitrogens with one attached hydrogen (secondary N) is 3. The Bertz CT molecular complexity index is 1020. The third-order valence-electron chi connectivity index (χ3n) is 4.18. The van der Waals surface area contributed by atoms with Crippen LogP contribution in [0.2, 0.25) is 0 Å². The van der Waals surface area contributed by atoms with Crippen LogP contribution in [0.15, 0.2) is 27.5 Å². The lowest BCUT2D eigenvalue weighted by molar-refractivity contribution is -0.192. The third kappa shape index (κ3) is 5.95. The van der Waals surface area contributed by atoms with Gasteiger partial charge in [0, 0.05) is 18.7 Å². The fourth-order valence-electron chi connectivity index (χ4n) is 2.92. The molecule has 11 heteroatoms. The van der Waals surface area contributed by atoms with Gasteiger partial charge in [-0.2, -0.15) is 13.2 Å². The van der Waals surface area contributed by atoms with E-state index in [2.05, 4.69) is 27.4 Å². The van der Waals surface area contributed by atoms with E-state index < -0.39 is 12.1 Å². The van der Waals surface area contributed by atoms with E-state index in [1.807, 2.05) is 32.0 Å². The summed E-state index contributed by atoms with van der Waals surface area (Å²) in [5.74, 6) is -1.53. The van der Waals surface area contributed by atoms with Crippen LogP contribution in [0.3, 0.4) is 0 Å². The van der Waals surface area contributed by atoms with Gasteiger partial charge in [-0.1, -0.05) is 18.1 Å². The molecule has 3 aromatic rings. The van der Waals surface area contributed by atoms with Crippen molar-refractivity contribution in [1.29, 1.82) is 0 Å². The van der Waals surface area contributed by atoms with E-state index in [-0.39, 0.29) is 5.69 Å². The smallest absolute Gasteiger partial charge is 0.475 e. The van der Waals surface area contributed by atoms with Gasteiger partial charge in [0.05, 0.1) is 16.7 Å². The average molecular weight is 414 g/mol. The second-order valence-electron chi connectivity index (χ2n) is 6.53. The molecule has 4 N–H and O–H groups in total. The second-order valence-corrected chi connectivity index (χ2v) is 6.53. The summed E-state index contributed by atoms with van der Waals surface area (Å²) in [7, 11) is 0. The van der Waals surface area contributed by atoms with E-state index in [0.717, 1.165) is 41.1 Å². The van der Waals surface area contributed by atoms with Crippen molar-refractivity contribution in [3.05, 3.63) is 51.3 Å². The molecule has 29 heavy (non-hydrogen) atoms. The number of aromatic amines is 2. The fourth-order valence-corrected chi connectivity index (χ4v) is 2.92. The minimum atomic E-state index is -5.08. The number of benzene rings is 1. The summed E-state index contributed by atoms with van der Waals surface area (Å²) in [6, 6.07) is 5.92. The number of hydrogen-bond acceptors (Lipinski definition) is 5. The van der Waals surface area contributed by atoms with Crippen molar-refractivity contribution in [1.82, 2.24) is 20.4 Å². The zero-order valence-electron chi connectivity index (χ0n) is 16.0. The van der Waals surface area contributed by atoms with Crippen LogP contribution in [0.1, 0.15) is 35.4 Å². The van der Waals surface area contributed by atoms with Crippen LogP contribution < -0.4 is 11.0 Å². The van der Waals surface area contributed by atoms with Crippen LogP contribution in [0.25, 0.3) is 11.0 Å². The number of aliphatic carboxylic acids is 1. The zero-order valence-corrected chi connectivity index (χ0v) is 16.0. The van der Waals surface area contributed by atoms with Crippen molar-refractivity contribution >= 4 is 17.0 Å². The van der Waals surface area contributed by atoms with Gasteiger partial charge in [0.25, 0.3) is 0 Å². The number of carboxylic acid groups (broad SMARTS) is 1. The zero-order chi connectivity index (χ0) is 21.8. The number of fused-ring (bicyclic) bond motifs is 1. The Morgan fingerprint density at radius 2 is 1.90 bits per heavy atom. The lowest BCUT2D eigenvalue weighted by atomic mass is 9.99. The first kappa shape index (κ1) is 22.2. The van der Waals surface area contributed by atoms with E-state index in [1.54, 1.807) is 0 Å². The van der Waals surface area contributed by atoms with Crippen molar-refractivity contribution < 1.29 is 27.6 Å². The summed E-state index contributed by atoms with van der Waals surface area (Å²) < 4.78 is 37.0. The van der Waals surface area contributed by atoms with Crippen molar-refractivity contribution in [2.24, 2.45) is 0 Å². The molecular weight excluding hydrogens is 393 g/mol. The minimum absolute atomic E-state index is 0.174. The van der Waals surface area contributed by atoms with Crippen LogP contribution in [-0.2, 0) is 11.3 Å². The number of rotatable bonds is 5. The standard InChI is InChI=1S/C16H20N4O2.C2HF3O2/c1-9(15-10(2)20-22-11(15)3)7-17-8-12-4-5-13-14(6-12)19-16(21)18-13;3-2(4,5)1(6)7/h4-6,9,17H,7-8H2,1-3H3,(H2,18,19,21);(H,6,7). The number of carbonyl (C=O) groups is 1. The Morgan fingerprint density at radius 1 is 1.28 bits per heavy atom. The van der Waals surface area contributed by atoms with Crippen LogP contribution in [0.5, 0.6) is 0 Å². The molecule has 1 unspecified atom stereocenters. The Morgan fingerprint density at radius 3 is 2.45 bits per heavy atom. The molecule has 0 amide bonds. The van der Waals surface area contributed by atoms with E-state index in [4.69, 9.17) is 14.4 Å². The predicted molar refractivity (Wildman–Crippen MR) is 98.7 cm³/mol. The average Bonchev–Trinajstić information content (AvgIpc) is 3.15. The SMILES string of the molecule is Cc1noc(C)c1C(C)CNCc1ccc2[nH]c(=O)[nH]c2c1.O=C(O)C(F)(F)F. The number of aryl methyl sites for hydroxylation is 2. The largest absolute Gasteiger partial charge is 0.490 e. The molecule has 0 aliphatic heterocycles. The molecule has 0 aliphatic carbocycles. The molecule has 0 aliphatic rings. The van der Waals surface area contributed by atoms with Gasteiger partial charge in [0.1, 0.15) is 5.76 Å². The van der Waals surface area contributed by atoms with E-state index in [1.165, 1.54) is 5.56 Å². The summed E-state index contributed by atoms with van der Waals surface area (Å²) in [6.45, 7) is 7.66. The topological polar surface area (TPSA) is 124 Å². The number of carboxylic acids is 1. The number of halogens is 3. The Labute approximate surface area is 163 Å². The van der Waals surface area contributed by atoms with Gasteiger partial charge >= 0.3 is 17.8 Å². The first-order valence-electron chi connectivity index (χ1n) is 8.63. The minimum Gasteiger partial charge on any atom is -0.475 e. The molecule has 8 nitrogen and oxygen atoms in total. The lowest BCUT2D eigenvalue weighted by Crippen LogP contribution is -2.21. The lowest BCUT2D eigenvalue weighted by Gasteiger charge is -2.12. The molecule has 0 bridgehead atoms. The van der Waals surface area contributed by atoms with Crippen LogP contribution in [-0.4, -0.2) is 38.9 Å². The Kier molecular flexibility index (Phi) is 6.85. The number of aromatic nitrogens is 3. The summed E-state index contributed by atoms with van der Waals surface area (Å²) >= 11 is 0. The van der Waals surface area contributed by atoms with Crippen molar-refractivity contribution in [2.45, 2.75) is 39.4 Å². The van der Waals surface area contributed by atoms with Crippen molar-refractivity contribution in [2.75, 3.05) is 6.54 Å². The van der Waals surface area contributed by atoms with E-state index >= 15 is 0 Å². The Balaban J connectivity index is 0.000000370. The van der Waals surface area contributed by atoms with Crippen LogP contribution >= 0.6 is 0 Å². The number of nitrogens with zero attached hydrogens (tertiary/aromatic N) is 1. The highest BCUT2D eigenvalue weighted by atomic mass is 19.4. The summed E-state index contributed by atoms with van der Waals surface area (Å²) in [5.41, 5.74) is 4.76. The molecule has 0 saturated heterocycles. The number of hydrogen-bond donors (Lipinski definition) is 4. The first-order chi connectivity index (χ1) is 13.5. The van der Waals surface area contributed by atoms with E-state index in [0.29, 0.717) is 5.92 Å². The molecule has 158 valence electrons. The molecule has 0 spiro atoms. The molecule has 3 rings (SSSR count). The summed E-state index contributed by atoms with van der Waals surface area (Å²) in [6.07, 6.45) is -5.08. The maximum absolute atomic E-state index is 11.3. The van der Waals surface area contributed by atoms with E-state index in [9.17, 15) is 18.0 Å². The molecule has 0 fully saturated rings. The highest BCUT2D eigenvalue weighted by Crippen LogP contribution is 2.22. The molecule has 2 aromatic heterocycles. The maximum atomic E-state index is 11.3. The van der Waals surface area contributed by atoms with Gasteiger partial charge in [-0.15, -0.1) is 0 Å². The number of imidazole rings is 1. The van der Waals surface area contributed by atoms with Gasteiger partial charge in [-0.25, -0.2) is 9.59 Å². The molecule has 2 heterocycles. The molecule has 0 radical (unpaired) electrons. The van der Waals surface area contributed by atoms with Gasteiger partial charge < -0.3 is 24.9 Å². The Hall–Kier alpha value is -3.08. The summed E-state index contributed by atoms with van der Waals surface area (Å²) in [5, 5.41) is 14.6. The van der Waals surface area contributed by atoms with Crippen molar-refractivity contribution in [3.63, 3.8) is 0 Å². The van der Waals surface area contributed by atoms with Crippen molar-refractivity contribution in [3.8, 4) is 0 Å². The number of alkyl halides is 3. The second kappa shape index (κ2) is 8.95.